The number of nitrogens with zero attached hydrogens (tertiary/aromatic N) is 3. The van der Waals surface area contributed by atoms with Gasteiger partial charge in [-0.25, -0.2) is 0 Å². The number of piperazine rings is 1. The molecule has 0 saturated carbocycles. The van der Waals surface area contributed by atoms with Crippen LogP contribution in [0.2, 0.25) is 0 Å². The van der Waals surface area contributed by atoms with Crippen molar-refractivity contribution in [2.75, 3.05) is 64.0 Å². The minimum atomic E-state index is 0.806. The highest BCUT2D eigenvalue weighted by Gasteiger charge is 2.18. The molecule has 0 unspecified atom stereocenters. The minimum absolute atomic E-state index is 0.806. The molecule has 1 aliphatic rings. The van der Waals surface area contributed by atoms with Crippen LogP contribution in [0.25, 0.3) is 0 Å². The molecule has 0 amide bonds. The third kappa shape index (κ3) is 4.09. The first kappa shape index (κ1) is 14.6. The smallest absolute Gasteiger partial charge is 0.0513 e. The number of nitrogen functional groups attached to an aromatic ring is 1. The Balaban J connectivity index is 1.89. The summed E-state index contributed by atoms with van der Waals surface area (Å²) in [6, 6.07) is 6.06. The summed E-state index contributed by atoms with van der Waals surface area (Å²) in [5.74, 6) is 0. The first-order chi connectivity index (χ1) is 9.06. The summed E-state index contributed by atoms with van der Waals surface area (Å²) in [5.41, 5.74) is 7.84. The Bertz CT molecular complexity index is 414. The quantitative estimate of drug-likeness (QED) is 0.854. The molecular formula is C14H23BrN4. The summed E-state index contributed by atoms with van der Waals surface area (Å²) in [6.45, 7) is 6.70. The number of halogens is 1. The first-order valence-corrected chi connectivity index (χ1v) is 7.52. The van der Waals surface area contributed by atoms with Gasteiger partial charge in [0.25, 0.3) is 0 Å². The van der Waals surface area contributed by atoms with Crippen LogP contribution < -0.4 is 10.6 Å². The van der Waals surface area contributed by atoms with E-state index in [1.54, 1.807) is 0 Å². The van der Waals surface area contributed by atoms with Crippen molar-refractivity contribution in [3.05, 3.63) is 22.7 Å². The largest absolute Gasteiger partial charge is 0.399 e. The van der Waals surface area contributed by atoms with E-state index in [-0.39, 0.29) is 0 Å². The second-order valence-corrected chi connectivity index (χ2v) is 6.20. The lowest BCUT2D eigenvalue weighted by molar-refractivity contribution is 0.229. The topological polar surface area (TPSA) is 35.7 Å². The van der Waals surface area contributed by atoms with Crippen molar-refractivity contribution in [3.63, 3.8) is 0 Å². The van der Waals surface area contributed by atoms with Crippen molar-refractivity contribution in [3.8, 4) is 0 Å². The Labute approximate surface area is 124 Å². The number of nitrogens with two attached hydrogens (primary N) is 1. The highest BCUT2D eigenvalue weighted by Crippen LogP contribution is 2.28. The van der Waals surface area contributed by atoms with Gasteiger partial charge in [0.15, 0.2) is 0 Å². The molecule has 2 N–H and O–H groups in total. The van der Waals surface area contributed by atoms with Crippen LogP contribution in [0.15, 0.2) is 22.7 Å². The molecule has 1 aromatic rings. The Morgan fingerprint density at radius 1 is 1.21 bits per heavy atom. The normalized spacial score (nSPS) is 17.2. The van der Waals surface area contributed by atoms with Crippen molar-refractivity contribution in [1.82, 2.24) is 9.80 Å². The molecule has 5 heteroatoms. The maximum absolute atomic E-state index is 5.79. The summed E-state index contributed by atoms with van der Waals surface area (Å²) >= 11 is 3.61. The van der Waals surface area contributed by atoms with Crippen LogP contribution in [0.3, 0.4) is 0 Å². The number of likely N-dealkylation sites (N-methyl/N-ethyl adjacent to an activating group) is 1. The summed E-state index contributed by atoms with van der Waals surface area (Å²) in [4.78, 5) is 7.19. The second-order valence-electron chi connectivity index (χ2n) is 5.34. The van der Waals surface area contributed by atoms with Gasteiger partial charge in [-0.05, 0) is 48.2 Å². The van der Waals surface area contributed by atoms with Gasteiger partial charge in [-0.1, -0.05) is 0 Å². The lowest BCUT2D eigenvalue weighted by Crippen LogP contribution is -2.48. The van der Waals surface area contributed by atoms with Gasteiger partial charge < -0.3 is 15.5 Å². The molecule has 1 aliphatic heterocycles. The fourth-order valence-corrected chi connectivity index (χ4v) is 2.98. The molecule has 1 fully saturated rings. The van der Waals surface area contributed by atoms with Crippen LogP contribution >= 0.6 is 15.9 Å². The highest BCUT2D eigenvalue weighted by molar-refractivity contribution is 9.10. The van der Waals surface area contributed by atoms with Crippen LogP contribution in [0.5, 0.6) is 0 Å². The monoisotopic (exact) mass is 326 g/mol. The van der Waals surface area contributed by atoms with Gasteiger partial charge in [-0.3, -0.25) is 4.90 Å². The van der Waals surface area contributed by atoms with Crippen molar-refractivity contribution in [1.29, 1.82) is 0 Å². The third-order valence-corrected chi connectivity index (χ3v) is 4.18. The molecule has 1 aromatic carbocycles. The van der Waals surface area contributed by atoms with Crippen LogP contribution in [-0.4, -0.2) is 63.2 Å². The molecule has 0 aliphatic carbocycles. The standard InChI is InChI=1S/C14H23BrN4/c1-17(2)5-6-18-7-9-19(10-8-18)14-4-3-12(16)11-13(14)15/h3-4,11H,5-10,16H2,1-2H3. The Kier molecular flexibility index (Phi) is 5.07. The predicted octanol–water partition coefficient (Wildman–Crippen LogP) is 1.71. The zero-order valence-electron chi connectivity index (χ0n) is 11.8. The molecule has 0 spiro atoms. The van der Waals surface area contributed by atoms with Gasteiger partial charge in [-0.2, -0.15) is 0 Å². The number of anilines is 2. The molecule has 0 aromatic heterocycles. The van der Waals surface area contributed by atoms with Gasteiger partial charge in [-0.15, -0.1) is 0 Å². The second kappa shape index (κ2) is 6.59. The van der Waals surface area contributed by atoms with Gasteiger partial charge in [0.1, 0.15) is 0 Å². The minimum Gasteiger partial charge on any atom is -0.399 e. The molecule has 19 heavy (non-hydrogen) atoms. The Morgan fingerprint density at radius 2 is 1.89 bits per heavy atom. The molecule has 2 rings (SSSR count). The van der Waals surface area contributed by atoms with Gasteiger partial charge in [0.05, 0.1) is 5.69 Å². The fraction of sp³-hybridized carbons (Fsp3) is 0.571. The van der Waals surface area contributed by atoms with E-state index in [4.69, 9.17) is 5.73 Å². The Morgan fingerprint density at radius 3 is 2.47 bits per heavy atom. The highest BCUT2D eigenvalue weighted by atomic mass is 79.9. The van der Waals surface area contributed by atoms with Crippen molar-refractivity contribution >= 4 is 27.3 Å². The van der Waals surface area contributed by atoms with E-state index in [1.165, 1.54) is 5.69 Å². The van der Waals surface area contributed by atoms with Gasteiger partial charge in [0, 0.05) is 49.4 Å². The SMILES string of the molecule is CN(C)CCN1CCN(c2ccc(N)cc2Br)CC1. The molecule has 4 nitrogen and oxygen atoms in total. The van der Waals surface area contributed by atoms with Crippen LogP contribution in [-0.2, 0) is 0 Å². The zero-order chi connectivity index (χ0) is 13.8. The average Bonchev–Trinajstić information content (AvgIpc) is 2.37. The predicted molar refractivity (Wildman–Crippen MR) is 85.8 cm³/mol. The lowest BCUT2D eigenvalue weighted by atomic mass is 10.2. The maximum Gasteiger partial charge on any atom is 0.0513 e. The molecule has 106 valence electrons. The summed E-state index contributed by atoms with van der Waals surface area (Å²) in [5, 5.41) is 0. The molecule has 0 bridgehead atoms. The first-order valence-electron chi connectivity index (χ1n) is 6.73. The summed E-state index contributed by atoms with van der Waals surface area (Å²) < 4.78 is 1.09. The van der Waals surface area contributed by atoms with E-state index in [0.29, 0.717) is 0 Å². The van der Waals surface area contributed by atoms with E-state index >= 15 is 0 Å². The Hall–Kier alpha value is -0.780. The molecule has 0 radical (unpaired) electrons. The summed E-state index contributed by atoms with van der Waals surface area (Å²) in [6.07, 6.45) is 0. The van der Waals surface area contributed by atoms with E-state index in [2.05, 4.69) is 50.8 Å². The van der Waals surface area contributed by atoms with Crippen LogP contribution in [0.1, 0.15) is 0 Å². The van der Waals surface area contributed by atoms with Crippen molar-refractivity contribution in [2.45, 2.75) is 0 Å². The third-order valence-electron chi connectivity index (χ3n) is 3.55. The van der Waals surface area contributed by atoms with E-state index in [1.807, 2.05) is 12.1 Å². The summed E-state index contributed by atoms with van der Waals surface area (Å²) in [7, 11) is 4.25. The number of rotatable bonds is 4. The number of benzene rings is 1. The van der Waals surface area contributed by atoms with Gasteiger partial charge >= 0.3 is 0 Å². The van der Waals surface area contributed by atoms with E-state index in [9.17, 15) is 0 Å². The number of hydrogen-bond acceptors (Lipinski definition) is 4. The maximum atomic E-state index is 5.79. The van der Waals surface area contributed by atoms with Crippen molar-refractivity contribution in [2.24, 2.45) is 0 Å². The zero-order valence-corrected chi connectivity index (χ0v) is 13.4. The molecular weight excluding hydrogens is 304 g/mol. The number of hydrogen-bond donors (Lipinski definition) is 1. The lowest BCUT2D eigenvalue weighted by Gasteiger charge is -2.37. The van der Waals surface area contributed by atoms with Gasteiger partial charge in [0.2, 0.25) is 0 Å². The van der Waals surface area contributed by atoms with Crippen LogP contribution in [0, 0.1) is 0 Å². The molecule has 1 saturated heterocycles. The van der Waals surface area contributed by atoms with Crippen molar-refractivity contribution < 1.29 is 0 Å². The van der Waals surface area contributed by atoms with E-state index in [0.717, 1.165) is 49.4 Å². The average molecular weight is 327 g/mol. The van der Waals surface area contributed by atoms with Crippen LogP contribution in [0.4, 0.5) is 11.4 Å². The fourth-order valence-electron chi connectivity index (χ4n) is 2.33. The molecule has 0 atom stereocenters. The van der Waals surface area contributed by atoms with E-state index < -0.39 is 0 Å². The molecule has 1 heterocycles.